The van der Waals surface area contributed by atoms with Crippen molar-refractivity contribution in [2.75, 3.05) is 6.54 Å². The molecule has 0 unspecified atom stereocenters. The molecule has 1 amide bonds. The molecule has 1 N–H and O–H groups in total. The summed E-state index contributed by atoms with van der Waals surface area (Å²) in [7, 11) is 0. The lowest BCUT2D eigenvalue weighted by atomic mass is 10.1. The third-order valence-corrected chi connectivity index (χ3v) is 4.89. The van der Waals surface area contributed by atoms with E-state index in [2.05, 4.69) is 34.6 Å². The molecule has 3 nitrogen and oxygen atoms in total. The van der Waals surface area contributed by atoms with E-state index in [1.807, 2.05) is 43.5 Å². The highest BCUT2D eigenvalue weighted by atomic mass is 32.1. The predicted octanol–water partition coefficient (Wildman–Crippen LogP) is 4.01. The standard InChI is InChI=1S/C20H20N2OS/c1-15-7-5-6-10-18(15)20(23)21-12-11-19-22-14-17(24-19)13-16-8-3-2-4-9-16/h2-10,14H,11-13H2,1H3,(H,21,23). The average Bonchev–Trinajstić information content (AvgIpc) is 3.03. The molecule has 3 rings (SSSR count). The van der Waals surface area contributed by atoms with Gasteiger partial charge < -0.3 is 5.32 Å². The molecule has 0 saturated carbocycles. The van der Waals surface area contributed by atoms with Crippen LogP contribution in [-0.2, 0) is 12.8 Å². The average molecular weight is 336 g/mol. The van der Waals surface area contributed by atoms with Crippen LogP contribution in [0, 0.1) is 6.92 Å². The number of benzene rings is 2. The number of carbonyl (C=O) groups excluding carboxylic acids is 1. The Hall–Kier alpha value is -2.46. The minimum atomic E-state index is -0.0193. The van der Waals surface area contributed by atoms with Gasteiger partial charge in [0.05, 0.1) is 5.01 Å². The van der Waals surface area contributed by atoms with Crippen molar-refractivity contribution in [3.63, 3.8) is 0 Å². The van der Waals surface area contributed by atoms with Gasteiger partial charge in [0, 0.05) is 36.0 Å². The van der Waals surface area contributed by atoms with Crippen molar-refractivity contribution in [2.45, 2.75) is 19.8 Å². The number of thiazole rings is 1. The van der Waals surface area contributed by atoms with Crippen LogP contribution in [0.4, 0.5) is 0 Å². The molecule has 0 aliphatic heterocycles. The van der Waals surface area contributed by atoms with Gasteiger partial charge in [-0.15, -0.1) is 11.3 Å². The summed E-state index contributed by atoms with van der Waals surface area (Å²) in [5.41, 5.74) is 3.02. The highest BCUT2D eigenvalue weighted by molar-refractivity contribution is 7.11. The molecule has 0 fully saturated rings. The first kappa shape index (κ1) is 16.4. The Kier molecular flexibility index (Phi) is 5.39. The van der Waals surface area contributed by atoms with E-state index in [9.17, 15) is 4.79 Å². The van der Waals surface area contributed by atoms with Gasteiger partial charge in [-0.25, -0.2) is 4.98 Å². The molecule has 122 valence electrons. The van der Waals surface area contributed by atoms with Gasteiger partial charge in [0.2, 0.25) is 0 Å². The number of hydrogen-bond donors (Lipinski definition) is 1. The third-order valence-electron chi connectivity index (χ3n) is 3.84. The Labute approximate surface area is 146 Å². The summed E-state index contributed by atoms with van der Waals surface area (Å²) in [5, 5.41) is 4.04. The second-order valence-electron chi connectivity index (χ2n) is 5.70. The summed E-state index contributed by atoms with van der Waals surface area (Å²) >= 11 is 1.72. The number of rotatable bonds is 6. The molecule has 0 aliphatic carbocycles. The molecule has 0 atom stereocenters. The Balaban J connectivity index is 1.51. The Morgan fingerprint density at radius 3 is 2.62 bits per heavy atom. The molecule has 0 aliphatic rings. The highest BCUT2D eigenvalue weighted by Gasteiger charge is 2.08. The summed E-state index contributed by atoms with van der Waals surface area (Å²) in [6, 6.07) is 18.0. The number of carbonyl (C=O) groups is 1. The topological polar surface area (TPSA) is 42.0 Å². The molecular weight excluding hydrogens is 316 g/mol. The van der Waals surface area contributed by atoms with Gasteiger partial charge in [0.1, 0.15) is 0 Å². The van der Waals surface area contributed by atoms with Gasteiger partial charge in [-0.2, -0.15) is 0 Å². The molecule has 0 radical (unpaired) electrons. The summed E-state index contributed by atoms with van der Waals surface area (Å²) in [4.78, 5) is 17.9. The maximum Gasteiger partial charge on any atom is 0.251 e. The second-order valence-corrected chi connectivity index (χ2v) is 6.90. The van der Waals surface area contributed by atoms with E-state index in [0.717, 1.165) is 29.0 Å². The van der Waals surface area contributed by atoms with Gasteiger partial charge >= 0.3 is 0 Å². The van der Waals surface area contributed by atoms with Gasteiger partial charge in [-0.05, 0) is 24.1 Å². The number of amides is 1. The SMILES string of the molecule is Cc1ccccc1C(=O)NCCc1ncc(Cc2ccccc2)s1. The second kappa shape index (κ2) is 7.88. The summed E-state index contributed by atoms with van der Waals surface area (Å²) < 4.78 is 0. The van der Waals surface area contributed by atoms with E-state index in [-0.39, 0.29) is 5.91 Å². The Bertz CT molecular complexity index is 811. The molecule has 0 bridgehead atoms. The molecule has 3 aromatic rings. The van der Waals surface area contributed by atoms with E-state index in [0.29, 0.717) is 6.54 Å². The minimum absolute atomic E-state index is 0.0193. The zero-order valence-corrected chi connectivity index (χ0v) is 14.5. The highest BCUT2D eigenvalue weighted by Crippen LogP contribution is 2.17. The Morgan fingerprint density at radius 1 is 1.08 bits per heavy atom. The predicted molar refractivity (Wildman–Crippen MR) is 98.6 cm³/mol. The summed E-state index contributed by atoms with van der Waals surface area (Å²) in [5.74, 6) is -0.0193. The summed E-state index contributed by atoms with van der Waals surface area (Å²) in [6.45, 7) is 2.55. The smallest absolute Gasteiger partial charge is 0.251 e. The van der Waals surface area contributed by atoms with Crippen molar-refractivity contribution in [3.8, 4) is 0 Å². The monoisotopic (exact) mass is 336 g/mol. The van der Waals surface area contributed by atoms with E-state index in [4.69, 9.17) is 0 Å². The van der Waals surface area contributed by atoms with Crippen molar-refractivity contribution in [2.24, 2.45) is 0 Å². The van der Waals surface area contributed by atoms with Crippen molar-refractivity contribution in [1.29, 1.82) is 0 Å². The normalized spacial score (nSPS) is 10.5. The molecule has 0 spiro atoms. The van der Waals surface area contributed by atoms with Crippen LogP contribution in [0.15, 0.2) is 60.8 Å². The number of aryl methyl sites for hydroxylation is 1. The number of hydrogen-bond acceptors (Lipinski definition) is 3. The maximum absolute atomic E-state index is 12.2. The lowest BCUT2D eigenvalue weighted by molar-refractivity contribution is 0.0953. The van der Waals surface area contributed by atoms with Crippen LogP contribution >= 0.6 is 11.3 Å². The third kappa shape index (κ3) is 4.30. The number of nitrogens with zero attached hydrogens (tertiary/aromatic N) is 1. The largest absolute Gasteiger partial charge is 0.352 e. The van der Waals surface area contributed by atoms with Crippen LogP contribution in [0.3, 0.4) is 0 Å². The van der Waals surface area contributed by atoms with Crippen LogP contribution in [0.1, 0.15) is 31.4 Å². The van der Waals surface area contributed by atoms with E-state index in [1.165, 1.54) is 10.4 Å². The van der Waals surface area contributed by atoms with E-state index in [1.54, 1.807) is 11.3 Å². The molecule has 4 heteroatoms. The van der Waals surface area contributed by atoms with Gasteiger partial charge in [-0.3, -0.25) is 4.79 Å². The zero-order chi connectivity index (χ0) is 16.8. The van der Waals surface area contributed by atoms with E-state index < -0.39 is 0 Å². The Morgan fingerprint density at radius 2 is 1.83 bits per heavy atom. The summed E-state index contributed by atoms with van der Waals surface area (Å²) in [6.07, 6.45) is 3.61. The zero-order valence-electron chi connectivity index (χ0n) is 13.7. The number of aromatic nitrogens is 1. The van der Waals surface area contributed by atoms with Crippen molar-refractivity contribution in [3.05, 3.63) is 87.4 Å². The minimum Gasteiger partial charge on any atom is -0.352 e. The fraction of sp³-hybridized carbons (Fsp3) is 0.200. The van der Waals surface area contributed by atoms with Crippen LogP contribution in [0.2, 0.25) is 0 Å². The van der Waals surface area contributed by atoms with Gasteiger partial charge in [0.25, 0.3) is 5.91 Å². The van der Waals surface area contributed by atoms with Crippen molar-refractivity contribution in [1.82, 2.24) is 10.3 Å². The molecule has 1 aromatic heterocycles. The van der Waals surface area contributed by atoms with E-state index >= 15 is 0 Å². The molecule has 0 saturated heterocycles. The quantitative estimate of drug-likeness (QED) is 0.739. The maximum atomic E-state index is 12.2. The van der Waals surface area contributed by atoms with Gasteiger partial charge in [0.15, 0.2) is 0 Å². The molecule has 2 aromatic carbocycles. The van der Waals surface area contributed by atoms with Crippen LogP contribution in [0.25, 0.3) is 0 Å². The van der Waals surface area contributed by atoms with Crippen molar-refractivity contribution < 1.29 is 4.79 Å². The molecule has 1 heterocycles. The van der Waals surface area contributed by atoms with Crippen molar-refractivity contribution >= 4 is 17.2 Å². The van der Waals surface area contributed by atoms with Gasteiger partial charge in [-0.1, -0.05) is 48.5 Å². The van der Waals surface area contributed by atoms with Crippen LogP contribution < -0.4 is 5.32 Å². The first-order chi connectivity index (χ1) is 11.7. The first-order valence-corrected chi connectivity index (χ1v) is 8.85. The van der Waals surface area contributed by atoms with Crippen LogP contribution in [0.5, 0.6) is 0 Å². The fourth-order valence-corrected chi connectivity index (χ4v) is 3.50. The molecular formula is C20H20N2OS. The fourth-order valence-electron chi connectivity index (χ4n) is 2.55. The first-order valence-electron chi connectivity index (χ1n) is 8.04. The van der Waals surface area contributed by atoms with Crippen LogP contribution in [-0.4, -0.2) is 17.4 Å². The lowest BCUT2D eigenvalue weighted by Gasteiger charge is -2.06. The lowest BCUT2D eigenvalue weighted by Crippen LogP contribution is -2.26. The number of nitrogens with one attached hydrogen (secondary N) is 1. The molecule has 24 heavy (non-hydrogen) atoms.